The van der Waals surface area contributed by atoms with E-state index in [1.807, 2.05) is 24.3 Å². The summed E-state index contributed by atoms with van der Waals surface area (Å²) in [5, 5.41) is 6.10. The molecule has 2 atom stereocenters. The van der Waals surface area contributed by atoms with Crippen LogP contribution in [-0.4, -0.2) is 50.5 Å². The third kappa shape index (κ3) is 4.77. The number of furan rings is 2. The second-order valence-electron chi connectivity index (χ2n) is 8.86. The van der Waals surface area contributed by atoms with Crippen LogP contribution < -0.4 is 14.2 Å². The fraction of sp³-hybridized carbons (Fsp3) is 0.321. The van der Waals surface area contributed by atoms with Gasteiger partial charge in [0.25, 0.3) is 5.91 Å². The number of ether oxygens (including phenoxy) is 4. The largest absolute Gasteiger partial charge is 0.493 e. The number of nitrogens with zero attached hydrogens (tertiary/aromatic N) is 2. The van der Waals surface area contributed by atoms with Crippen LogP contribution in [0.4, 0.5) is 0 Å². The zero-order valence-corrected chi connectivity index (χ0v) is 21.3. The van der Waals surface area contributed by atoms with Gasteiger partial charge in [-0.05, 0) is 67.3 Å². The van der Waals surface area contributed by atoms with Gasteiger partial charge >= 0.3 is 5.97 Å². The van der Waals surface area contributed by atoms with Crippen molar-refractivity contribution in [3.8, 4) is 17.2 Å². The molecule has 2 unspecified atom stereocenters. The van der Waals surface area contributed by atoms with Crippen LogP contribution in [0.25, 0.3) is 6.08 Å². The number of amides is 1. The number of methoxy groups -OCH3 is 3. The van der Waals surface area contributed by atoms with Gasteiger partial charge in [0.2, 0.25) is 5.75 Å². The van der Waals surface area contributed by atoms with Crippen molar-refractivity contribution in [1.29, 1.82) is 0 Å². The fourth-order valence-corrected chi connectivity index (χ4v) is 4.97. The monoisotopic (exact) mass is 520 g/mol. The molecule has 10 heteroatoms. The minimum absolute atomic E-state index is 0.0501. The van der Waals surface area contributed by atoms with Crippen molar-refractivity contribution in [1.82, 2.24) is 5.01 Å². The Bertz CT molecular complexity index is 1330. The second-order valence-corrected chi connectivity index (χ2v) is 8.86. The molecule has 10 nitrogen and oxygen atoms in total. The van der Waals surface area contributed by atoms with Crippen LogP contribution >= 0.6 is 0 Å². The van der Waals surface area contributed by atoms with Crippen molar-refractivity contribution in [3.05, 3.63) is 71.6 Å². The van der Waals surface area contributed by atoms with Crippen molar-refractivity contribution < 1.29 is 37.4 Å². The number of hydrogen-bond donors (Lipinski definition) is 0. The van der Waals surface area contributed by atoms with Crippen LogP contribution in [0.5, 0.6) is 17.2 Å². The summed E-state index contributed by atoms with van der Waals surface area (Å²) in [5.41, 5.74) is 1.98. The summed E-state index contributed by atoms with van der Waals surface area (Å²) in [4.78, 5) is 26.3. The van der Waals surface area contributed by atoms with Gasteiger partial charge in [-0.15, -0.1) is 0 Å². The lowest BCUT2D eigenvalue weighted by molar-refractivity contribution is -0.137. The van der Waals surface area contributed by atoms with Gasteiger partial charge in [-0.2, -0.15) is 5.10 Å². The molecule has 38 heavy (non-hydrogen) atoms. The summed E-state index contributed by atoms with van der Waals surface area (Å²) >= 11 is 0. The smallest absolute Gasteiger partial charge is 0.338 e. The highest BCUT2D eigenvalue weighted by Gasteiger charge is 2.45. The number of hydrazone groups is 1. The maximum absolute atomic E-state index is 13.4. The molecule has 2 aromatic heterocycles. The van der Waals surface area contributed by atoms with Crippen LogP contribution in [0.3, 0.4) is 0 Å². The van der Waals surface area contributed by atoms with Crippen molar-refractivity contribution in [2.75, 3.05) is 27.9 Å². The number of rotatable bonds is 8. The molecule has 1 amide bonds. The van der Waals surface area contributed by atoms with Crippen molar-refractivity contribution >= 4 is 23.7 Å². The minimum atomic E-state index is -0.713. The number of carbonyl (C=O) groups excluding carboxylic acids is 2. The molecule has 1 fully saturated rings. The second kappa shape index (κ2) is 10.9. The van der Waals surface area contributed by atoms with E-state index in [9.17, 15) is 9.59 Å². The molecular weight excluding hydrogens is 492 g/mol. The number of carbonyl (C=O) groups is 2. The zero-order valence-electron chi connectivity index (χ0n) is 21.3. The Morgan fingerprint density at radius 2 is 1.79 bits per heavy atom. The molecule has 198 valence electrons. The maximum atomic E-state index is 13.4. The lowest BCUT2D eigenvalue weighted by Gasteiger charge is -2.27. The van der Waals surface area contributed by atoms with Crippen LogP contribution in [0.1, 0.15) is 47.2 Å². The Labute approximate surface area is 219 Å². The SMILES string of the molecule is COc1cc(C(=O)OCC(=O)N2N=C3C(=Cc4ccco4)CCCC3C2c2ccco2)cc(OC)c1OC. The molecule has 3 aromatic rings. The normalized spacial score (nSPS) is 19.6. The Kier molecular flexibility index (Phi) is 7.21. The molecule has 2 aliphatic rings. The van der Waals surface area contributed by atoms with E-state index in [0.29, 0.717) is 23.0 Å². The lowest BCUT2D eigenvalue weighted by atomic mass is 9.79. The number of allylic oxidation sites excluding steroid dienone is 1. The van der Waals surface area contributed by atoms with Crippen LogP contribution in [-0.2, 0) is 9.53 Å². The molecule has 5 rings (SSSR count). The molecule has 1 saturated carbocycles. The summed E-state index contributed by atoms with van der Waals surface area (Å²) in [6, 6.07) is 9.81. The molecule has 0 radical (unpaired) electrons. The van der Waals surface area contributed by atoms with Crippen molar-refractivity contribution in [2.24, 2.45) is 11.0 Å². The highest BCUT2D eigenvalue weighted by Crippen LogP contribution is 2.44. The van der Waals surface area contributed by atoms with Crippen LogP contribution in [0.15, 0.2) is 68.4 Å². The summed E-state index contributed by atoms with van der Waals surface area (Å²) in [6.45, 7) is -0.507. The highest BCUT2D eigenvalue weighted by atomic mass is 16.5. The van der Waals surface area contributed by atoms with E-state index >= 15 is 0 Å². The Balaban J connectivity index is 1.38. The number of fused-ring (bicyclic) bond motifs is 1. The quantitative estimate of drug-likeness (QED) is 0.386. The first-order valence-corrected chi connectivity index (χ1v) is 12.2. The van der Waals surface area contributed by atoms with Crippen LogP contribution in [0, 0.1) is 5.92 Å². The third-order valence-corrected chi connectivity index (χ3v) is 6.68. The van der Waals surface area contributed by atoms with Gasteiger partial charge in [-0.1, -0.05) is 0 Å². The Hall–Kier alpha value is -4.47. The van der Waals surface area contributed by atoms with Gasteiger partial charge in [0.1, 0.15) is 17.6 Å². The molecule has 1 aromatic carbocycles. The molecule has 0 N–H and O–H groups in total. The third-order valence-electron chi connectivity index (χ3n) is 6.68. The lowest BCUT2D eigenvalue weighted by Crippen LogP contribution is -2.34. The van der Waals surface area contributed by atoms with Crippen LogP contribution in [0.2, 0.25) is 0 Å². The predicted molar refractivity (Wildman–Crippen MR) is 136 cm³/mol. The zero-order chi connectivity index (χ0) is 26.6. The van der Waals surface area contributed by atoms with Crippen molar-refractivity contribution in [3.63, 3.8) is 0 Å². The van der Waals surface area contributed by atoms with Crippen molar-refractivity contribution in [2.45, 2.75) is 25.3 Å². The molecule has 0 spiro atoms. The summed E-state index contributed by atoms with van der Waals surface area (Å²) < 4.78 is 32.5. The van der Waals surface area contributed by atoms with E-state index < -0.39 is 24.5 Å². The first-order valence-electron chi connectivity index (χ1n) is 12.2. The average molecular weight is 521 g/mol. The first kappa shape index (κ1) is 25.2. The summed E-state index contributed by atoms with van der Waals surface area (Å²) in [5.74, 6) is 1.06. The fourth-order valence-electron chi connectivity index (χ4n) is 4.97. The number of hydrogen-bond acceptors (Lipinski definition) is 9. The van der Waals surface area contributed by atoms with E-state index in [0.717, 1.165) is 36.3 Å². The summed E-state index contributed by atoms with van der Waals surface area (Å²) in [7, 11) is 4.37. The van der Waals surface area contributed by atoms with Gasteiger partial charge in [0, 0.05) is 5.92 Å². The molecule has 1 aliphatic heterocycles. The highest BCUT2D eigenvalue weighted by molar-refractivity contribution is 6.08. The Morgan fingerprint density at radius 1 is 1.05 bits per heavy atom. The van der Waals surface area contributed by atoms with Gasteiger partial charge in [-0.3, -0.25) is 4.79 Å². The maximum Gasteiger partial charge on any atom is 0.338 e. The predicted octanol–water partition coefficient (Wildman–Crippen LogP) is 4.88. The van der Waals surface area contributed by atoms with E-state index in [1.165, 1.54) is 38.5 Å². The van der Waals surface area contributed by atoms with Gasteiger partial charge in [-0.25, -0.2) is 9.80 Å². The first-order chi connectivity index (χ1) is 18.5. The van der Waals surface area contributed by atoms with E-state index in [1.54, 1.807) is 18.6 Å². The van der Waals surface area contributed by atoms with Gasteiger partial charge < -0.3 is 27.8 Å². The Morgan fingerprint density at radius 3 is 2.42 bits per heavy atom. The standard InChI is InChI=1S/C28H28N2O8/c1-33-22-14-18(15-23(34-2)27(22)35-3)28(32)38-16-24(31)30-26(21-10-6-12-37-21)20-9-4-7-17(25(20)29-30)13-19-8-5-11-36-19/h5-6,8,10-15,20,26H,4,7,9,16H2,1-3H3. The van der Waals surface area contributed by atoms with E-state index in [-0.39, 0.29) is 11.5 Å². The molecule has 0 saturated heterocycles. The van der Waals surface area contributed by atoms with Gasteiger partial charge in [0.05, 0.1) is 45.1 Å². The molecule has 0 bridgehead atoms. The molecule has 3 heterocycles. The van der Waals surface area contributed by atoms with E-state index in [2.05, 4.69) is 0 Å². The summed E-state index contributed by atoms with van der Waals surface area (Å²) in [6.07, 6.45) is 7.75. The number of benzene rings is 1. The number of esters is 1. The minimum Gasteiger partial charge on any atom is -0.493 e. The molecular formula is C28H28N2O8. The topological polar surface area (TPSA) is 113 Å². The molecule has 1 aliphatic carbocycles. The van der Waals surface area contributed by atoms with Gasteiger partial charge in [0.15, 0.2) is 18.1 Å². The average Bonchev–Trinajstić information content (AvgIpc) is 3.72. The van der Waals surface area contributed by atoms with E-state index in [4.69, 9.17) is 32.9 Å².